The van der Waals surface area contributed by atoms with Crippen LogP contribution >= 0.6 is 22.5 Å². The van der Waals surface area contributed by atoms with E-state index < -0.39 is 0 Å². The third-order valence-electron chi connectivity index (χ3n) is 1.35. The van der Waals surface area contributed by atoms with Gasteiger partial charge in [-0.25, -0.2) is 0 Å². The van der Waals surface area contributed by atoms with Crippen molar-refractivity contribution in [1.29, 1.82) is 0 Å². The van der Waals surface area contributed by atoms with Gasteiger partial charge in [0.15, 0.2) is 0 Å². The maximum atomic E-state index is 10.4. The molecule has 0 aromatic rings. The lowest BCUT2D eigenvalue weighted by atomic mass is 10.2. The SMILES string of the molecule is CCCCC=C(C=O)CSS. The van der Waals surface area contributed by atoms with Gasteiger partial charge in [0.1, 0.15) is 6.29 Å². The molecule has 0 aliphatic carbocycles. The van der Waals surface area contributed by atoms with Crippen LogP contribution < -0.4 is 0 Å². The van der Waals surface area contributed by atoms with Crippen LogP contribution in [-0.4, -0.2) is 12.0 Å². The highest BCUT2D eigenvalue weighted by Gasteiger charge is 1.92. The molecule has 0 N–H and O–H groups in total. The number of rotatable bonds is 6. The molecule has 0 rings (SSSR count). The summed E-state index contributed by atoms with van der Waals surface area (Å²) in [6, 6.07) is 0. The highest BCUT2D eigenvalue weighted by atomic mass is 33.1. The van der Waals surface area contributed by atoms with Crippen LogP contribution in [0.25, 0.3) is 0 Å². The number of hydrogen-bond donors (Lipinski definition) is 1. The monoisotopic (exact) mass is 190 g/mol. The van der Waals surface area contributed by atoms with Crippen LogP contribution in [0.3, 0.4) is 0 Å². The molecule has 0 radical (unpaired) electrons. The minimum Gasteiger partial charge on any atom is -0.298 e. The second-order valence-corrected chi connectivity index (χ2v) is 3.63. The Balaban J connectivity index is 3.61. The summed E-state index contributed by atoms with van der Waals surface area (Å²) in [5.41, 5.74) is 0.860. The quantitative estimate of drug-likeness (QED) is 0.228. The van der Waals surface area contributed by atoms with Crippen molar-refractivity contribution in [3.8, 4) is 0 Å². The van der Waals surface area contributed by atoms with Crippen LogP contribution in [0.4, 0.5) is 0 Å². The number of allylic oxidation sites excluding steroid dienone is 1. The first kappa shape index (κ1) is 11.1. The maximum Gasteiger partial charge on any atom is 0.146 e. The van der Waals surface area contributed by atoms with Gasteiger partial charge < -0.3 is 0 Å². The molecule has 0 saturated heterocycles. The Bertz CT molecular complexity index is 132. The fourth-order valence-corrected chi connectivity index (χ4v) is 1.49. The van der Waals surface area contributed by atoms with Crippen molar-refractivity contribution >= 4 is 28.7 Å². The average Bonchev–Trinajstić information content (AvgIpc) is 2.03. The Morgan fingerprint density at radius 1 is 1.64 bits per heavy atom. The van der Waals surface area contributed by atoms with E-state index in [4.69, 9.17) is 0 Å². The molecule has 0 saturated carbocycles. The van der Waals surface area contributed by atoms with Gasteiger partial charge in [-0.05, 0) is 12.0 Å². The van der Waals surface area contributed by atoms with Gasteiger partial charge in [-0.1, -0.05) is 36.6 Å². The molecule has 0 bridgehead atoms. The summed E-state index contributed by atoms with van der Waals surface area (Å²) in [4.78, 5) is 10.4. The van der Waals surface area contributed by atoms with Crippen LogP contribution in [0, 0.1) is 0 Å². The van der Waals surface area contributed by atoms with Crippen LogP contribution in [-0.2, 0) is 4.79 Å². The summed E-state index contributed by atoms with van der Waals surface area (Å²) in [6.07, 6.45) is 6.27. The second-order valence-electron chi connectivity index (χ2n) is 2.31. The predicted molar refractivity (Wildman–Crippen MR) is 55.1 cm³/mol. The topological polar surface area (TPSA) is 17.1 Å². The van der Waals surface area contributed by atoms with Gasteiger partial charge >= 0.3 is 0 Å². The van der Waals surface area contributed by atoms with E-state index in [9.17, 15) is 4.79 Å². The van der Waals surface area contributed by atoms with Gasteiger partial charge in [0.2, 0.25) is 0 Å². The fourth-order valence-electron chi connectivity index (χ4n) is 0.707. The third kappa shape index (κ3) is 6.51. The Labute approximate surface area is 77.4 Å². The van der Waals surface area contributed by atoms with Crippen molar-refractivity contribution in [3.63, 3.8) is 0 Å². The molecule has 0 aromatic heterocycles. The van der Waals surface area contributed by atoms with Crippen molar-refractivity contribution < 1.29 is 4.79 Å². The van der Waals surface area contributed by atoms with Crippen LogP contribution in [0.5, 0.6) is 0 Å². The van der Waals surface area contributed by atoms with E-state index in [2.05, 4.69) is 18.6 Å². The first-order chi connectivity index (χ1) is 5.35. The summed E-state index contributed by atoms with van der Waals surface area (Å²) in [5, 5.41) is 0. The Kier molecular flexibility index (Phi) is 8.29. The van der Waals surface area contributed by atoms with E-state index in [0.29, 0.717) is 0 Å². The summed E-state index contributed by atoms with van der Waals surface area (Å²) < 4.78 is 0. The molecule has 0 unspecified atom stereocenters. The van der Waals surface area contributed by atoms with E-state index in [0.717, 1.165) is 30.5 Å². The van der Waals surface area contributed by atoms with E-state index in [1.165, 1.54) is 17.2 Å². The number of hydrogen-bond acceptors (Lipinski definition) is 3. The molecule has 0 aliphatic rings. The molecule has 11 heavy (non-hydrogen) atoms. The number of aldehydes is 1. The van der Waals surface area contributed by atoms with Gasteiger partial charge in [0.25, 0.3) is 0 Å². The number of thiol groups is 1. The van der Waals surface area contributed by atoms with Gasteiger partial charge in [0.05, 0.1) is 0 Å². The molecule has 0 atom stereocenters. The molecule has 3 heteroatoms. The van der Waals surface area contributed by atoms with Gasteiger partial charge in [-0.15, -0.1) is 11.7 Å². The van der Waals surface area contributed by atoms with E-state index in [-0.39, 0.29) is 0 Å². The van der Waals surface area contributed by atoms with Crippen molar-refractivity contribution in [2.75, 3.05) is 5.75 Å². The van der Waals surface area contributed by atoms with E-state index in [1.807, 2.05) is 6.08 Å². The third-order valence-corrected chi connectivity index (χ3v) is 2.20. The zero-order chi connectivity index (χ0) is 8.53. The molecule has 64 valence electrons. The zero-order valence-electron chi connectivity index (χ0n) is 6.75. The molecule has 0 fully saturated rings. The molecule has 0 amide bonds. The Morgan fingerprint density at radius 2 is 2.36 bits per heavy atom. The van der Waals surface area contributed by atoms with Crippen LogP contribution in [0.2, 0.25) is 0 Å². The normalized spacial score (nSPS) is 11.6. The highest BCUT2D eigenvalue weighted by Crippen LogP contribution is 2.10. The minimum atomic E-state index is 0.719. The van der Waals surface area contributed by atoms with Crippen molar-refractivity contribution in [1.82, 2.24) is 0 Å². The Morgan fingerprint density at radius 3 is 2.82 bits per heavy atom. The zero-order valence-corrected chi connectivity index (χ0v) is 8.46. The van der Waals surface area contributed by atoms with Gasteiger partial charge in [0, 0.05) is 5.75 Å². The van der Waals surface area contributed by atoms with Gasteiger partial charge in [-0.3, -0.25) is 4.79 Å². The molecule has 1 nitrogen and oxygen atoms in total. The highest BCUT2D eigenvalue weighted by molar-refractivity contribution is 8.68. The molecule has 0 aliphatic heterocycles. The largest absolute Gasteiger partial charge is 0.298 e. The average molecular weight is 190 g/mol. The molecule has 0 heterocycles. The van der Waals surface area contributed by atoms with Crippen LogP contribution in [0.15, 0.2) is 11.6 Å². The maximum absolute atomic E-state index is 10.4. The standard InChI is InChI=1S/C8H14OS2/c1-2-3-4-5-8(6-9)7-11-10/h5-6,10H,2-4,7H2,1H3. The lowest BCUT2D eigenvalue weighted by Crippen LogP contribution is -1.86. The van der Waals surface area contributed by atoms with Crippen molar-refractivity contribution in [2.45, 2.75) is 26.2 Å². The summed E-state index contributed by atoms with van der Waals surface area (Å²) >= 11 is 3.98. The lowest BCUT2D eigenvalue weighted by Gasteiger charge is -1.94. The van der Waals surface area contributed by atoms with Crippen molar-refractivity contribution in [2.24, 2.45) is 0 Å². The summed E-state index contributed by atoms with van der Waals surface area (Å²) in [5.74, 6) is 0.719. The minimum absolute atomic E-state index is 0.719. The predicted octanol–water partition coefficient (Wildman–Crippen LogP) is 2.88. The first-order valence-electron chi connectivity index (χ1n) is 3.75. The molecular weight excluding hydrogens is 176 g/mol. The smallest absolute Gasteiger partial charge is 0.146 e. The lowest BCUT2D eigenvalue weighted by molar-refractivity contribution is -0.104. The Hall–Kier alpha value is 0.110. The van der Waals surface area contributed by atoms with Gasteiger partial charge in [-0.2, -0.15) is 0 Å². The van der Waals surface area contributed by atoms with Crippen LogP contribution in [0.1, 0.15) is 26.2 Å². The molecular formula is C8H14OS2. The van der Waals surface area contributed by atoms with E-state index in [1.54, 1.807) is 0 Å². The summed E-state index contributed by atoms with van der Waals surface area (Å²) in [6.45, 7) is 2.14. The first-order valence-corrected chi connectivity index (χ1v) is 5.79. The van der Waals surface area contributed by atoms with Crippen molar-refractivity contribution in [3.05, 3.63) is 11.6 Å². The van der Waals surface area contributed by atoms with E-state index >= 15 is 0 Å². The number of carbonyl (C=O) groups is 1. The number of carbonyl (C=O) groups excluding carboxylic acids is 1. The molecule has 0 spiro atoms. The molecule has 0 aromatic carbocycles. The summed E-state index contributed by atoms with van der Waals surface area (Å²) in [7, 11) is 1.39. The second kappa shape index (κ2) is 8.21. The number of unbranched alkanes of at least 4 members (excludes halogenated alkanes) is 2. The fraction of sp³-hybridized carbons (Fsp3) is 0.625.